The normalized spacial score (nSPS) is 19.5. The van der Waals surface area contributed by atoms with Gasteiger partial charge in [0.15, 0.2) is 5.96 Å². The third-order valence-corrected chi connectivity index (χ3v) is 4.99. The first-order valence-corrected chi connectivity index (χ1v) is 7.84. The Morgan fingerprint density at radius 3 is 2.68 bits per heavy atom. The highest BCUT2D eigenvalue weighted by Gasteiger charge is 2.43. The highest BCUT2D eigenvalue weighted by Crippen LogP contribution is 2.47. The molecule has 4 nitrogen and oxygen atoms in total. The fourth-order valence-electron chi connectivity index (χ4n) is 3.56. The molecule has 0 aromatic heterocycles. The monoisotopic (exact) mass is 415 g/mol. The lowest BCUT2D eigenvalue weighted by molar-refractivity contribution is 0.151. The molecule has 0 unspecified atom stereocenters. The van der Waals surface area contributed by atoms with Crippen LogP contribution in [-0.2, 0) is 6.54 Å². The third kappa shape index (κ3) is 3.50. The van der Waals surface area contributed by atoms with E-state index in [9.17, 15) is 0 Å². The molecular weight excluding hydrogens is 389 g/mol. The van der Waals surface area contributed by atoms with Gasteiger partial charge >= 0.3 is 0 Å². The van der Waals surface area contributed by atoms with Crippen LogP contribution in [0.25, 0.3) is 0 Å². The minimum atomic E-state index is 0. The summed E-state index contributed by atoms with van der Waals surface area (Å²) < 4.78 is 5.40. The molecule has 1 aromatic rings. The van der Waals surface area contributed by atoms with E-state index in [1.165, 1.54) is 37.8 Å². The minimum absolute atomic E-state index is 0. The van der Waals surface area contributed by atoms with Gasteiger partial charge < -0.3 is 15.0 Å². The summed E-state index contributed by atoms with van der Waals surface area (Å²) in [6, 6.07) is 8.13. The maximum Gasteiger partial charge on any atom is 0.193 e. The van der Waals surface area contributed by atoms with E-state index >= 15 is 0 Å². The first-order valence-electron chi connectivity index (χ1n) is 7.84. The number of methoxy groups -OCH3 is 1. The zero-order valence-electron chi connectivity index (χ0n) is 13.5. The molecule has 22 heavy (non-hydrogen) atoms. The number of para-hydroxylation sites is 1. The van der Waals surface area contributed by atoms with Crippen LogP contribution in [0.2, 0.25) is 0 Å². The summed E-state index contributed by atoms with van der Waals surface area (Å²) in [5.41, 5.74) is 1.76. The number of ether oxygens (including phenoxy) is 1. The number of hydrogen-bond acceptors (Lipinski definition) is 2. The summed E-state index contributed by atoms with van der Waals surface area (Å²) in [5, 5.41) is 3.48. The predicted octanol–water partition coefficient (Wildman–Crippen LogP) is 3.26. The Morgan fingerprint density at radius 2 is 2.09 bits per heavy atom. The quantitative estimate of drug-likeness (QED) is 0.468. The molecule has 0 bridgehead atoms. The van der Waals surface area contributed by atoms with Gasteiger partial charge in [-0.3, -0.25) is 4.99 Å². The Bertz CT molecular complexity index is 528. The van der Waals surface area contributed by atoms with Crippen molar-refractivity contribution >= 4 is 29.9 Å². The topological polar surface area (TPSA) is 36.9 Å². The molecule has 1 aromatic carbocycles. The molecule has 3 rings (SSSR count). The fourth-order valence-corrected chi connectivity index (χ4v) is 3.56. The van der Waals surface area contributed by atoms with Crippen LogP contribution in [-0.4, -0.2) is 38.1 Å². The summed E-state index contributed by atoms with van der Waals surface area (Å²) in [7, 11) is 3.59. The van der Waals surface area contributed by atoms with Crippen molar-refractivity contribution in [3.8, 4) is 5.75 Å². The van der Waals surface area contributed by atoms with Crippen molar-refractivity contribution in [1.82, 2.24) is 10.2 Å². The van der Waals surface area contributed by atoms with Crippen molar-refractivity contribution < 1.29 is 4.74 Å². The number of likely N-dealkylation sites (tertiary alicyclic amines) is 1. The van der Waals surface area contributed by atoms with E-state index in [0.29, 0.717) is 5.41 Å². The summed E-state index contributed by atoms with van der Waals surface area (Å²) in [6.07, 6.45) is 5.52. The lowest BCUT2D eigenvalue weighted by Gasteiger charge is -2.38. The van der Waals surface area contributed by atoms with Crippen LogP contribution in [0, 0.1) is 5.41 Å². The second-order valence-corrected chi connectivity index (χ2v) is 6.24. The SMILES string of the molecule is CN=C(NCc1ccccc1OC)N1CCC2(CCC2)C1.I. The summed E-state index contributed by atoms with van der Waals surface area (Å²) >= 11 is 0. The summed E-state index contributed by atoms with van der Waals surface area (Å²) in [4.78, 5) is 6.87. The molecule has 5 heteroatoms. The highest BCUT2D eigenvalue weighted by molar-refractivity contribution is 14.0. The molecular formula is C17H26IN3O. The zero-order chi connectivity index (χ0) is 14.7. The van der Waals surface area contributed by atoms with E-state index in [4.69, 9.17) is 4.74 Å². The van der Waals surface area contributed by atoms with Gasteiger partial charge in [-0.2, -0.15) is 0 Å². The Kier molecular flexibility index (Phi) is 5.94. The molecule has 0 atom stereocenters. The molecule has 1 aliphatic carbocycles. The van der Waals surface area contributed by atoms with Crippen molar-refractivity contribution in [1.29, 1.82) is 0 Å². The largest absolute Gasteiger partial charge is 0.496 e. The number of guanidine groups is 1. The van der Waals surface area contributed by atoms with Crippen LogP contribution in [0.15, 0.2) is 29.3 Å². The van der Waals surface area contributed by atoms with Gasteiger partial charge in [0.2, 0.25) is 0 Å². The molecule has 1 aliphatic heterocycles. The van der Waals surface area contributed by atoms with Crippen LogP contribution in [0.1, 0.15) is 31.2 Å². The number of benzene rings is 1. The lowest BCUT2D eigenvalue weighted by Crippen LogP contribution is -2.42. The lowest BCUT2D eigenvalue weighted by atomic mass is 9.68. The molecule has 2 fully saturated rings. The highest BCUT2D eigenvalue weighted by atomic mass is 127. The van der Waals surface area contributed by atoms with Crippen LogP contribution >= 0.6 is 24.0 Å². The van der Waals surface area contributed by atoms with Crippen LogP contribution in [0.5, 0.6) is 5.75 Å². The van der Waals surface area contributed by atoms with E-state index < -0.39 is 0 Å². The molecule has 0 amide bonds. The smallest absolute Gasteiger partial charge is 0.193 e. The number of aliphatic imine (C=N–C) groups is 1. The number of rotatable bonds is 3. The van der Waals surface area contributed by atoms with Gasteiger partial charge in [0, 0.05) is 32.2 Å². The van der Waals surface area contributed by atoms with Gasteiger partial charge in [0.05, 0.1) is 7.11 Å². The van der Waals surface area contributed by atoms with Gasteiger partial charge in [-0.15, -0.1) is 24.0 Å². The second-order valence-electron chi connectivity index (χ2n) is 6.24. The van der Waals surface area contributed by atoms with Gasteiger partial charge in [-0.25, -0.2) is 0 Å². The maximum atomic E-state index is 5.40. The fraction of sp³-hybridized carbons (Fsp3) is 0.588. The Balaban J connectivity index is 0.00000176. The van der Waals surface area contributed by atoms with Gasteiger partial charge in [-0.05, 0) is 30.7 Å². The van der Waals surface area contributed by atoms with Crippen molar-refractivity contribution in [2.45, 2.75) is 32.2 Å². The first-order chi connectivity index (χ1) is 10.3. The standard InChI is InChI=1S/C17H25N3O.HI/c1-18-16(20-11-10-17(13-20)8-5-9-17)19-12-14-6-3-4-7-15(14)21-2;/h3-4,6-7H,5,8-13H2,1-2H3,(H,18,19);1H. The molecule has 122 valence electrons. The van der Waals surface area contributed by atoms with Crippen molar-refractivity contribution in [2.75, 3.05) is 27.2 Å². The van der Waals surface area contributed by atoms with E-state index in [1.807, 2.05) is 25.2 Å². The van der Waals surface area contributed by atoms with Gasteiger partial charge in [0.1, 0.15) is 5.75 Å². The third-order valence-electron chi connectivity index (χ3n) is 4.99. The Morgan fingerprint density at radius 1 is 1.32 bits per heavy atom. The molecule has 1 spiro atoms. The van der Waals surface area contributed by atoms with Gasteiger partial charge in [-0.1, -0.05) is 24.6 Å². The molecule has 1 N–H and O–H groups in total. The number of nitrogens with one attached hydrogen (secondary N) is 1. The van der Waals surface area contributed by atoms with Crippen LogP contribution < -0.4 is 10.1 Å². The Labute approximate surface area is 150 Å². The molecule has 1 heterocycles. The van der Waals surface area contributed by atoms with Crippen molar-refractivity contribution in [2.24, 2.45) is 10.4 Å². The minimum Gasteiger partial charge on any atom is -0.496 e. The summed E-state index contributed by atoms with van der Waals surface area (Å²) in [6.45, 7) is 3.05. The number of halogens is 1. The van der Waals surface area contributed by atoms with E-state index in [0.717, 1.165) is 24.8 Å². The average Bonchev–Trinajstić information content (AvgIpc) is 2.94. The predicted molar refractivity (Wildman–Crippen MR) is 101 cm³/mol. The van der Waals surface area contributed by atoms with Crippen LogP contribution in [0.3, 0.4) is 0 Å². The van der Waals surface area contributed by atoms with Crippen molar-refractivity contribution in [3.05, 3.63) is 29.8 Å². The van der Waals surface area contributed by atoms with E-state index in [-0.39, 0.29) is 24.0 Å². The molecule has 1 saturated heterocycles. The van der Waals surface area contributed by atoms with E-state index in [1.54, 1.807) is 7.11 Å². The Hall–Kier alpha value is -0.980. The second kappa shape index (κ2) is 7.53. The number of nitrogens with zero attached hydrogens (tertiary/aromatic N) is 2. The first kappa shape index (κ1) is 17.4. The average molecular weight is 415 g/mol. The molecule has 0 radical (unpaired) electrons. The zero-order valence-corrected chi connectivity index (χ0v) is 15.8. The molecule has 2 aliphatic rings. The summed E-state index contributed by atoms with van der Waals surface area (Å²) in [5.74, 6) is 1.95. The van der Waals surface area contributed by atoms with Crippen molar-refractivity contribution in [3.63, 3.8) is 0 Å². The number of hydrogen-bond donors (Lipinski definition) is 1. The van der Waals surface area contributed by atoms with Gasteiger partial charge in [0.25, 0.3) is 0 Å². The maximum absolute atomic E-state index is 5.40. The van der Waals surface area contributed by atoms with E-state index in [2.05, 4.69) is 21.3 Å². The molecule has 1 saturated carbocycles. The van der Waals surface area contributed by atoms with Crippen LogP contribution in [0.4, 0.5) is 0 Å².